The molecule has 1 heterocycles. The van der Waals surface area contributed by atoms with Crippen LogP contribution in [0.3, 0.4) is 0 Å². The minimum atomic E-state index is -0.119. The van der Waals surface area contributed by atoms with Crippen LogP contribution in [0.1, 0.15) is 41.6 Å². The molecule has 4 rings (SSSR count). The molecule has 1 N–H and O–H groups in total. The smallest absolute Gasteiger partial charge is 0.253 e. The van der Waals surface area contributed by atoms with Crippen molar-refractivity contribution >= 4 is 11.8 Å². The molecular weight excluding hydrogens is 442 g/mol. The van der Waals surface area contributed by atoms with E-state index in [2.05, 4.69) is 10.2 Å². The Hall–Kier alpha value is -3.06. The summed E-state index contributed by atoms with van der Waals surface area (Å²) in [7, 11) is 3.28. The van der Waals surface area contributed by atoms with Gasteiger partial charge in [0.25, 0.3) is 5.91 Å². The summed E-state index contributed by atoms with van der Waals surface area (Å²) in [6.45, 7) is 3.31. The van der Waals surface area contributed by atoms with Gasteiger partial charge in [-0.3, -0.25) is 14.5 Å². The molecule has 7 heteroatoms. The number of benzene rings is 2. The van der Waals surface area contributed by atoms with E-state index in [1.165, 1.54) is 18.4 Å². The standard InChI is InChI=1S/C28H37N3O4/c1-34-24-11-7-21(8-12-24)15-16-29-27(32)26(22-5-3-4-6-22)30-17-19-31(20-18-30)28(33)23-9-13-25(35-2)14-10-23/h7-14,22,26H,3-6,15-20H2,1-2H3,(H,29,32). The predicted molar refractivity (Wildman–Crippen MR) is 136 cm³/mol. The van der Waals surface area contributed by atoms with E-state index < -0.39 is 0 Å². The summed E-state index contributed by atoms with van der Waals surface area (Å²) in [5.41, 5.74) is 1.84. The number of hydrogen-bond donors (Lipinski definition) is 1. The van der Waals surface area contributed by atoms with Crippen LogP contribution >= 0.6 is 0 Å². The highest BCUT2D eigenvalue weighted by molar-refractivity contribution is 5.94. The topological polar surface area (TPSA) is 71.1 Å². The molecular formula is C28H37N3O4. The van der Waals surface area contributed by atoms with Crippen LogP contribution < -0.4 is 14.8 Å². The zero-order valence-corrected chi connectivity index (χ0v) is 20.9. The first-order chi connectivity index (χ1) is 17.1. The Morgan fingerprint density at radius 1 is 0.886 bits per heavy atom. The van der Waals surface area contributed by atoms with Crippen molar-refractivity contribution in [2.45, 2.75) is 38.1 Å². The number of carbonyl (C=O) groups excluding carboxylic acids is 2. The lowest BCUT2D eigenvalue weighted by Crippen LogP contribution is -2.58. The third-order valence-electron chi connectivity index (χ3n) is 7.32. The van der Waals surface area contributed by atoms with E-state index in [4.69, 9.17) is 9.47 Å². The number of ether oxygens (including phenoxy) is 2. The number of nitrogens with zero attached hydrogens (tertiary/aromatic N) is 2. The van der Waals surface area contributed by atoms with Crippen LogP contribution in [0.5, 0.6) is 11.5 Å². The maximum atomic E-state index is 13.4. The van der Waals surface area contributed by atoms with E-state index in [0.29, 0.717) is 31.1 Å². The number of carbonyl (C=O) groups is 2. The average molecular weight is 480 g/mol. The van der Waals surface area contributed by atoms with Gasteiger partial charge in [0.1, 0.15) is 11.5 Å². The Labute approximate surface area is 208 Å². The van der Waals surface area contributed by atoms with Crippen molar-refractivity contribution < 1.29 is 19.1 Å². The van der Waals surface area contributed by atoms with Crippen molar-refractivity contribution in [3.05, 3.63) is 59.7 Å². The zero-order chi connectivity index (χ0) is 24.6. The molecule has 2 aromatic carbocycles. The summed E-state index contributed by atoms with van der Waals surface area (Å²) in [6, 6.07) is 15.1. The maximum Gasteiger partial charge on any atom is 0.253 e. The molecule has 1 aliphatic heterocycles. The van der Waals surface area contributed by atoms with Crippen molar-refractivity contribution in [1.29, 1.82) is 0 Å². The Bertz CT molecular complexity index is 963. The fraction of sp³-hybridized carbons (Fsp3) is 0.500. The number of piperazine rings is 1. The lowest BCUT2D eigenvalue weighted by Gasteiger charge is -2.40. The van der Waals surface area contributed by atoms with E-state index in [1.807, 2.05) is 53.4 Å². The number of amides is 2. The Morgan fingerprint density at radius 2 is 1.46 bits per heavy atom. The molecule has 2 aromatic rings. The normalized spacial score (nSPS) is 17.7. The lowest BCUT2D eigenvalue weighted by molar-refractivity contribution is -0.129. The van der Waals surface area contributed by atoms with Gasteiger partial charge < -0.3 is 19.7 Å². The van der Waals surface area contributed by atoms with Crippen molar-refractivity contribution in [2.75, 3.05) is 46.9 Å². The molecule has 1 aliphatic carbocycles. The highest BCUT2D eigenvalue weighted by atomic mass is 16.5. The van der Waals surface area contributed by atoms with Crippen LogP contribution in [0.15, 0.2) is 48.5 Å². The number of rotatable bonds is 9. The third-order valence-corrected chi connectivity index (χ3v) is 7.32. The fourth-order valence-corrected chi connectivity index (χ4v) is 5.30. The highest BCUT2D eigenvalue weighted by Crippen LogP contribution is 2.31. The minimum Gasteiger partial charge on any atom is -0.497 e. The number of methoxy groups -OCH3 is 2. The Kier molecular flexibility index (Phi) is 8.64. The predicted octanol–water partition coefficient (Wildman–Crippen LogP) is 3.38. The Morgan fingerprint density at radius 3 is 2.03 bits per heavy atom. The molecule has 188 valence electrons. The van der Waals surface area contributed by atoms with Gasteiger partial charge in [0.15, 0.2) is 0 Å². The van der Waals surface area contributed by atoms with Gasteiger partial charge in [0.2, 0.25) is 5.91 Å². The molecule has 1 saturated heterocycles. The van der Waals surface area contributed by atoms with Crippen LogP contribution in [0.4, 0.5) is 0 Å². The van der Waals surface area contributed by atoms with E-state index in [1.54, 1.807) is 14.2 Å². The van der Waals surface area contributed by atoms with Crippen LogP contribution in [0.2, 0.25) is 0 Å². The largest absolute Gasteiger partial charge is 0.497 e. The SMILES string of the molecule is COc1ccc(CCNC(=O)C(C2CCCC2)N2CCN(C(=O)c3ccc(OC)cc3)CC2)cc1. The number of nitrogens with one attached hydrogen (secondary N) is 1. The van der Waals surface area contributed by atoms with Gasteiger partial charge in [-0.15, -0.1) is 0 Å². The van der Waals surface area contributed by atoms with Crippen LogP contribution in [-0.2, 0) is 11.2 Å². The second-order valence-corrected chi connectivity index (χ2v) is 9.44. The van der Waals surface area contributed by atoms with Gasteiger partial charge in [-0.1, -0.05) is 25.0 Å². The van der Waals surface area contributed by atoms with E-state index in [-0.39, 0.29) is 17.9 Å². The van der Waals surface area contributed by atoms with E-state index >= 15 is 0 Å². The molecule has 1 saturated carbocycles. The minimum absolute atomic E-state index is 0.0358. The molecule has 2 amide bonds. The second-order valence-electron chi connectivity index (χ2n) is 9.44. The molecule has 35 heavy (non-hydrogen) atoms. The maximum absolute atomic E-state index is 13.4. The van der Waals surface area contributed by atoms with Crippen LogP contribution in [0.25, 0.3) is 0 Å². The van der Waals surface area contributed by atoms with Gasteiger partial charge >= 0.3 is 0 Å². The molecule has 0 spiro atoms. The van der Waals surface area contributed by atoms with Crippen LogP contribution in [0, 0.1) is 5.92 Å². The monoisotopic (exact) mass is 479 g/mol. The summed E-state index contributed by atoms with van der Waals surface area (Å²) >= 11 is 0. The lowest BCUT2D eigenvalue weighted by atomic mass is 9.94. The highest BCUT2D eigenvalue weighted by Gasteiger charge is 2.37. The molecule has 2 aliphatic rings. The quantitative estimate of drug-likeness (QED) is 0.597. The fourth-order valence-electron chi connectivity index (χ4n) is 5.30. The van der Waals surface area contributed by atoms with E-state index in [0.717, 1.165) is 43.9 Å². The van der Waals surface area contributed by atoms with Gasteiger partial charge in [-0.25, -0.2) is 0 Å². The van der Waals surface area contributed by atoms with Crippen molar-refractivity contribution in [2.24, 2.45) is 5.92 Å². The second kappa shape index (κ2) is 12.1. The van der Waals surface area contributed by atoms with Gasteiger partial charge in [-0.05, 0) is 67.1 Å². The van der Waals surface area contributed by atoms with Gasteiger partial charge in [0.05, 0.1) is 20.3 Å². The molecule has 1 unspecified atom stereocenters. The summed E-state index contributed by atoms with van der Waals surface area (Å²) in [4.78, 5) is 30.5. The third kappa shape index (κ3) is 6.34. The zero-order valence-electron chi connectivity index (χ0n) is 20.9. The first-order valence-electron chi connectivity index (χ1n) is 12.7. The summed E-state index contributed by atoms with van der Waals surface area (Å²) < 4.78 is 10.4. The van der Waals surface area contributed by atoms with Crippen molar-refractivity contribution in [3.8, 4) is 11.5 Å². The molecule has 0 radical (unpaired) electrons. The molecule has 7 nitrogen and oxygen atoms in total. The van der Waals surface area contributed by atoms with Gasteiger partial charge in [0, 0.05) is 38.3 Å². The number of hydrogen-bond acceptors (Lipinski definition) is 5. The van der Waals surface area contributed by atoms with E-state index in [9.17, 15) is 9.59 Å². The molecule has 0 aromatic heterocycles. The average Bonchev–Trinajstić information content (AvgIpc) is 3.43. The first kappa shape index (κ1) is 25.0. The first-order valence-corrected chi connectivity index (χ1v) is 12.7. The Balaban J connectivity index is 1.32. The summed E-state index contributed by atoms with van der Waals surface area (Å²) in [5, 5.41) is 3.20. The van der Waals surface area contributed by atoms with Crippen molar-refractivity contribution in [1.82, 2.24) is 15.1 Å². The molecule has 2 fully saturated rings. The van der Waals surface area contributed by atoms with Gasteiger partial charge in [-0.2, -0.15) is 0 Å². The summed E-state index contributed by atoms with van der Waals surface area (Å²) in [6.07, 6.45) is 5.37. The molecule has 0 bridgehead atoms. The van der Waals surface area contributed by atoms with Crippen molar-refractivity contribution in [3.63, 3.8) is 0 Å². The molecule has 1 atom stereocenters. The summed E-state index contributed by atoms with van der Waals surface area (Å²) in [5.74, 6) is 2.13. The van der Waals surface area contributed by atoms with Crippen LogP contribution in [-0.4, -0.2) is 74.6 Å².